The number of rotatable bonds is 18. The van der Waals surface area contributed by atoms with Crippen molar-refractivity contribution in [2.45, 2.75) is 70.4 Å². The van der Waals surface area contributed by atoms with Gasteiger partial charge in [0.2, 0.25) is 11.8 Å². The number of hydrogen-bond acceptors (Lipinski definition) is 14. The summed E-state index contributed by atoms with van der Waals surface area (Å²) >= 11 is 1.57. The first kappa shape index (κ1) is 50.5. The maximum absolute atomic E-state index is 13.0. The number of halogens is 2. The van der Waals surface area contributed by atoms with Crippen LogP contribution in [0.5, 0.6) is 40.5 Å². The van der Waals surface area contributed by atoms with Gasteiger partial charge in [0.05, 0.1) is 51.9 Å². The Hall–Kier alpha value is -5.90. The Morgan fingerprint density at radius 2 is 1.10 bits per heavy atom. The van der Waals surface area contributed by atoms with Crippen LogP contribution in [-0.4, -0.2) is 59.8 Å². The Labute approximate surface area is 426 Å². The van der Waals surface area contributed by atoms with E-state index in [1.807, 2.05) is 36.4 Å². The lowest BCUT2D eigenvalue weighted by Gasteiger charge is -2.38. The van der Waals surface area contributed by atoms with E-state index in [0.717, 1.165) is 5.56 Å². The molecule has 2 aliphatic rings. The monoisotopic (exact) mass is 1120 g/mol. The van der Waals surface area contributed by atoms with E-state index in [-0.39, 0.29) is 11.8 Å². The molecular formula is C50H46Br2N4O12S2-2. The molecule has 4 atom stereocenters. The summed E-state index contributed by atoms with van der Waals surface area (Å²) in [5.41, 5.74) is 4.61. The van der Waals surface area contributed by atoms with E-state index >= 15 is 0 Å². The van der Waals surface area contributed by atoms with E-state index in [1.54, 1.807) is 67.8 Å². The number of fused-ring (bicyclic) bond motifs is 2. The largest absolute Gasteiger partial charge is 0.755 e. The van der Waals surface area contributed by atoms with Crippen LogP contribution < -0.4 is 32.3 Å². The Balaban J connectivity index is 0.884. The maximum atomic E-state index is 13.0. The molecule has 2 aromatic heterocycles. The van der Waals surface area contributed by atoms with Crippen molar-refractivity contribution in [2.75, 3.05) is 28.9 Å². The standard InChI is InChI=1S/C50H48Br2N4O12S2/c1-30(2)31-16-18-35(19-17-31)66-49-41(51)24-32(26-53-49)55(69(59)60)43-12-4-10-39-37(43)8-6-14-45(39)64-28-47(57)68-48(58)29-65-46-15-7-9-38-40(46)11-5-13-44(38)56(70(61)62)33-25-42(52)50(54-27-33)67-36-22-20-34(63-3)21-23-36/h6-9,14-27,30,43-44H,4-5,10-13,28-29H2,1-3H3,(H,59,60)(H,61,62)/p-2. The van der Waals surface area contributed by atoms with Crippen LogP contribution in [0.1, 0.15) is 85.3 Å². The molecule has 366 valence electrons. The van der Waals surface area contributed by atoms with Gasteiger partial charge in [0.1, 0.15) is 28.7 Å². The minimum Gasteiger partial charge on any atom is -0.755 e. The Morgan fingerprint density at radius 3 is 1.50 bits per heavy atom. The number of aromatic nitrogens is 2. The Morgan fingerprint density at radius 1 is 0.671 bits per heavy atom. The van der Waals surface area contributed by atoms with Crippen LogP contribution in [0, 0.1) is 0 Å². The van der Waals surface area contributed by atoms with Crippen molar-refractivity contribution in [3.63, 3.8) is 0 Å². The highest BCUT2D eigenvalue weighted by atomic mass is 79.9. The summed E-state index contributed by atoms with van der Waals surface area (Å²) in [6.45, 7) is 3.00. The molecule has 16 nitrogen and oxygen atoms in total. The fourth-order valence-corrected chi connectivity index (χ4v) is 10.8. The lowest BCUT2D eigenvalue weighted by molar-refractivity contribution is -0.162. The fourth-order valence-electron chi connectivity index (χ4n) is 8.55. The molecule has 0 radical (unpaired) electrons. The van der Waals surface area contributed by atoms with Crippen molar-refractivity contribution < 1.29 is 55.5 Å². The molecule has 0 fully saturated rings. The average molecular weight is 1120 g/mol. The van der Waals surface area contributed by atoms with Gasteiger partial charge in [-0.05, 0) is 165 Å². The zero-order valence-electron chi connectivity index (χ0n) is 38.0. The lowest BCUT2D eigenvalue weighted by Crippen LogP contribution is -2.33. The average Bonchev–Trinajstić information content (AvgIpc) is 3.34. The van der Waals surface area contributed by atoms with Crippen molar-refractivity contribution in [1.29, 1.82) is 0 Å². The smallest absolute Gasteiger partial charge is 0.351 e. The first-order valence-corrected chi connectivity index (χ1v) is 25.8. The molecule has 0 amide bonds. The van der Waals surface area contributed by atoms with Crippen molar-refractivity contribution in [1.82, 2.24) is 9.97 Å². The van der Waals surface area contributed by atoms with Gasteiger partial charge < -0.3 is 37.5 Å². The molecule has 0 spiro atoms. The molecular weight excluding hydrogens is 1070 g/mol. The highest BCUT2D eigenvalue weighted by Gasteiger charge is 2.32. The predicted molar refractivity (Wildman–Crippen MR) is 267 cm³/mol. The molecule has 6 aromatic rings. The number of methoxy groups -OCH3 is 1. The number of hydrogen-bond donors (Lipinski definition) is 0. The van der Waals surface area contributed by atoms with Gasteiger partial charge in [-0.2, -0.15) is 0 Å². The summed E-state index contributed by atoms with van der Waals surface area (Å²) < 4.78 is 88.8. The molecule has 0 saturated carbocycles. The fraction of sp³-hybridized carbons (Fsp3) is 0.280. The summed E-state index contributed by atoms with van der Waals surface area (Å²) in [7, 11) is 1.56. The van der Waals surface area contributed by atoms with E-state index in [2.05, 4.69) is 55.7 Å². The molecule has 0 aliphatic heterocycles. The van der Waals surface area contributed by atoms with Crippen molar-refractivity contribution in [3.8, 4) is 40.5 Å². The SMILES string of the molecule is COc1ccc(Oc2ncc(N(C3CCCc4c(OCC(=O)OC(=O)COc5cccc6c5CCCC6N(c5cnc(Oc6ccc(C(C)C)cc6)c(Br)c5)S(=O)[O-])cccc43)S(=O)[O-])cc2Br)cc1. The van der Waals surface area contributed by atoms with E-state index < -0.39 is 59.8 Å². The number of nitrogens with zero attached hydrogens (tertiary/aromatic N) is 4. The number of carbonyl (C=O) groups excluding carboxylic acids is 2. The molecule has 4 unspecified atom stereocenters. The van der Waals surface area contributed by atoms with Crippen LogP contribution in [0.3, 0.4) is 0 Å². The Kier molecular flexibility index (Phi) is 16.5. The van der Waals surface area contributed by atoms with Gasteiger partial charge in [-0.25, -0.2) is 19.6 Å². The third-order valence-corrected chi connectivity index (χ3v) is 14.5. The molecule has 0 bridgehead atoms. The van der Waals surface area contributed by atoms with Crippen molar-refractivity contribution in [3.05, 3.63) is 146 Å². The normalized spacial score (nSPS) is 15.9. The van der Waals surface area contributed by atoms with Crippen LogP contribution in [0.25, 0.3) is 0 Å². The van der Waals surface area contributed by atoms with Gasteiger partial charge in [0, 0.05) is 22.5 Å². The van der Waals surface area contributed by atoms with E-state index in [4.69, 9.17) is 28.4 Å². The Bertz CT molecular complexity index is 2910. The van der Waals surface area contributed by atoms with Gasteiger partial charge in [0.15, 0.2) is 13.2 Å². The second kappa shape index (κ2) is 22.9. The number of pyridine rings is 2. The zero-order valence-corrected chi connectivity index (χ0v) is 42.8. The minimum atomic E-state index is -2.71. The summed E-state index contributed by atoms with van der Waals surface area (Å²) in [5, 5.41) is 0. The van der Waals surface area contributed by atoms with Crippen LogP contribution in [0.2, 0.25) is 0 Å². The van der Waals surface area contributed by atoms with Crippen LogP contribution in [0.4, 0.5) is 11.4 Å². The summed E-state index contributed by atoms with van der Waals surface area (Å²) in [6.07, 6.45) is 6.21. The molecule has 4 aromatic carbocycles. The van der Waals surface area contributed by atoms with E-state index in [0.29, 0.717) is 110 Å². The van der Waals surface area contributed by atoms with Crippen LogP contribution >= 0.6 is 31.9 Å². The maximum Gasteiger partial charge on any atom is 0.351 e. The third-order valence-electron chi connectivity index (χ3n) is 11.8. The molecule has 0 N–H and O–H groups in total. The number of esters is 2. The second-order valence-corrected chi connectivity index (χ2v) is 19.9. The molecule has 8 rings (SSSR count). The van der Waals surface area contributed by atoms with E-state index in [9.17, 15) is 27.1 Å². The minimum absolute atomic E-state index is 0.235. The molecule has 2 heterocycles. The number of benzene rings is 4. The third kappa shape index (κ3) is 11.8. The van der Waals surface area contributed by atoms with E-state index in [1.165, 1.54) is 26.6 Å². The summed E-state index contributed by atoms with van der Waals surface area (Å²) in [4.78, 5) is 34.8. The highest BCUT2D eigenvalue weighted by molar-refractivity contribution is 9.11. The second-order valence-electron chi connectivity index (χ2n) is 16.5. The van der Waals surface area contributed by atoms with Crippen molar-refractivity contribution in [2.24, 2.45) is 0 Å². The van der Waals surface area contributed by atoms with Crippen LogP contribution in [-0.2, 0) is 49.7 Å². The summed E-state index contributed by atoms with van der Waals surface area (Å²) in [5.74, 6) is 1.41. The number of ether oxygens (including phenoxy) is 6. The predicted octanol–water partition coefficient (Wildman–Crippen LogP) is 10.6. The van der Waals surface area contributed by atoms with Crippen molar-refractivity contribution >= 4 is 77.7 Å². The molecule has 2 aliphatic carbocycles. The first-order chi connectivity index (χ1) is 33.8. The molecule has 70 heavy (non-hydrogen) atoms. The quantitative estimate of drug-likeness (QED) is 0.0447. The van der Waals surface area contributed by atoms with Gasteiger partial charge in [-0.15, -0.1) is 0 Å². The topological polar surface area (TPSA) is 202 Å². The van der Waals surface area contributed by atoms with Gasteiger partial charge >= 0.3 is 11.9 Å². The molecule has 20 heteroatoms. The zero-order chi connectivity index (χ0) is 49.5. The number of carbonyl (C=O) groups is 2. The molecule has 0 saturated heterocycles. The highest BCUT2D eigenvalue weighted by Crippen LogP contribution is 2.44. The summed E-state index contributed by atoms with van der Waals surface area (Å²) in [6, 6.07) is 27.0. The van der Waals surface area contributed by atoms with Gasteiger partial charge in [0.25, 0.3) is 0 Å². The van der Waals surface area contributed by atoms with Gasteiger partial charge in [-0.3, -0.25) is 17.0 Å². The number of anilines is 2. The van der Waals surface area contributed by atoms with Gasteiger partial charge in [-0.1, -0.05) is 50.2 Å². The van der Waals surface area contributed by atoms with Crippen LogP contribution in [0.15, 0.2) is 118 Å². The first-order valence-electron chi connectivity index (χ1n) is 22.2. The lowest BCUT2D eigenvalue weighted by atomic mass is 9.87.